The first-order chi connectivity index (χ1) is 9.86. The van der Waals surface area contributed by atoms with Gasteiger partial charge in [-0.1, -0.05) is 6.92 Å². The van der Waals surface area contributed by atoms with Gasteiger partial charge in [0.05, 0.1) is 12.7 Å². The Morgan fingerprint density at radius 1 is 1.14 bits per heavy atom. The monoisotopic (exact) mass is 380 g/mol. The van der Waals surface area contributed by atoms with E-state index in [0.29, 0.717) is 6.42 Å². The second kappa shape index (κ2) is 7.55. The molecule has 1 heterocycles. The van der Waals surface area contributed by atoms with Crippen LogP contribution in [0.2, 0.25) is 0 Å². The van der Waals surface area contributed by atoms with E-state index in [9.17, 15) is 18.6 Å². The van der Waals surface area contributed by atoms with E-state index in [1.54, 1.807) is 6.92 Å². The molecule has 3 N–H and O–H groups in total. The summed E-state index contributed by atoms with van der Waals surface area (Å²) in [6, 6.07) is -0.545. The second-order valence-electron chi connectivity index (χ2n) is 4.47. The summed E-state index contributed by atoms with van der Waals surface area (Å²) in [6.45, 7) is 1.33. The molecule has 0 aromatic rings. The van der Waals surface area contributed by atoms with Gasteiger partial charge in [-0.2, -0.15) is 8.62 Å². The maximum absolute atomic E-state index is 11.5. The first-order valence-electron chi connectivity index (χ1n) is 5.88. The summed E-state index contributed by atoms with van der Waals surface area (Å²) < 4.78 is 55.1. The maximum Gasteiger partial charge on any atom is 0.490 e. The number of ether oxygens (including phenoxy) is 1. The molecule has 6 atom stereocenters. The lowest BCUT2D eigenvalue weighted by molar-refractivity contribution is 0.0271. The molecule has 11 nitrogen and oxygen atoms in total. The highest BCUT2D eigenvalue weighted by Gasteiger charge is 2.42. The summed E-state index contributed by atoms with van der Waals surface area (Å²) in [5.74, 6) is -0.0710. The van der Waals surface area contributed by atoms with E-state index in [1.165, 1.54) is 0 Å². The smallest absolute Gasteiger partial charge is 0.382 e. The Labute approximate surface area is 128 Å². The number of hydrogen-bond acceptors (Lipinski definition) is 8. The lowest BCUT2D eigenvalue weighted by Gasteiger charge is -2.20. The van der Waals surface area contributed by atoms with E-state index in [2.05, 4.69) is 17.7 Å². The van der Waals surface area contributed by atoms with Crippen molar-refractivity contribution in [3.05, 3.63) is 0 Å². The van der Waals surface area contributed by atoms with Gasteiger partial charge >= 0.3 is 23.5 Å². The molecule has 1 saturated heterocycles. The molecule has 0 amide bonds. The number of phosphoric ester groups is 2. The molecule has 22 heavy (non-hydrogen) atoms. The van der Waals surface area contributed by atoms with Crippen LogP contribution in [0.4, 0.5) is 0 Å². The summed E-state index contributed by atoms with van der Waals surface area (Å²) in [5, 5.41) is 0. The van der Waals surface area contributed by atoms with Crippen LogP contribution in [0.15, 0.2) is 0 Å². The Balaban J connectivity index is 2.58. The van der Waals surface area contributed by atoms with Crippen LogP contribution in [0.3, 0.4) is 0 Å². The fourth-order valence-corrected chi connectivity index (χ4v) is 4.90. The fourth-order valence-electron chi connectivity index (χ4n) is 1.64. The Bertz CT molecular complexity index is 526. The Kier molecular flexibility index (Phi) is 7.03. The van der Waals surface area contributed by atoms with Crippen molar-refractivity contribution >= 4 is 31.3 Å². The van der Waals surface area contributed by atoms with Gasteiger partial charge < -0.3 is 19.4 Å². The lowest BCUT2D eigenvalue weighted by Crippen LogP contribution is -2.21. The largest absolute Gasteiger partial charge is 0.490 e. The molecule has 0 aromatic heterocycles. The first kappa shape index (κ1) is 20.5. The summed E-state index contributed by atoms with van der Waals surface area (Å²) in [5.41, 5.74) is 0. The molecule has 2 radical (unpaired) electrons. The van der Waals surface area contributed by atoms with Crippen LogP contribution in [0.1, 0.15) is 13.3 Å². The standard InChI is InChI=1S/C7H16BO11P3/c1-5-3-7(8)17-6(5)4-16-21(11,12)19-22(13,14)18-20(9,10)15-2/h5-7H,3-4H2,1-2H3,(H,9,10)(H,11,12)(H,13,14)/t5-,6-,7-/m1/s1. The van der Waals surface area contributed by atoms with Gasteiger partial charge in [-0.25, -0.2) is 13.7 Å². The van der Waals surface area contributed by atoms with E-state index in [1.807, 2.05) is 0 Å². The second-order valence-corrected chi connectivity index (χ2v) is 9.21. The fraction of sp³-hybridized carbons (Fsp3) is 1.00. The molecule has 0 aromatic carbocycles. The average molecular weight is 380 g/mol. The van der Waals surface area contributed by atoms with Crippen LogP contribution >= 0.6 is 23.5 Å². The van der Waals surface area contributed by atoms with Crippen molar-refractivity contribution in [1.29, 1.82) is 0 Å². The molecule has 128 valence electrons. The molecule has 1 rings (SSSR count). The third-order valence-corrected chi connectivity index (χ3v) is 6.87. The highest BCUT2D eigenvalue weighted by atomic mass is 31.3. The van der Waals surface area contributed by atoms with E-state index in [0.717, 1.165) is 7.11 Å². The summed E-state index contributed by atoms with van der Waals surface area (Å²) in [7, 11) is -9.10. The molecule has 15 heteroatoms. The minimum Gasteiger partial charge on any atom is -0.382 e. The van der Waals surface area contributed by atoms with Gasteiger partial charge in [0, 0.05) is 13.1 Å². The molecule has 0 spiro atoms. The van der Waals surface area contributed by atoms with E-state index < -0.39 is 42.2 Å². The Morgan fingerprint density at radius 3 is 2.14 bits per heavy atom. The summed E-state index contributed by atoms with van der Waals surface area (Å²) >= 11 is 0. The topological polar surface area (TPSA) is 158 Å². The van der Waals surface area contributed by atoms with Gasteiger partial charge in [0.1, 0.15) is 7.85 Å². The van der Waals surface area contributed by atoms with Crippen LogP contribution in [-0.4, -0.2) is 48.4 Å². The number of rotatable bonds is 8. The van der Waals surface area contributed by atoms with Crippen LogP contribution in [0, 0.1) is 5.92 Å². The van der Waals surface area contributed by atoms with Crippen LogP contribution in [0.5, 0.6) is 0 Å². The molecule has 1 aliphatic heterocycles. The number of phosphoric acid groups is 3. The molecule has 3 unspecified atom stereocenters. The Hall–Kier alpha value is 0.435. The lowest BCUT2D eigenvalue weighted by atomic mass is 9.92. The van der Waals surface area contributed by atoms with Gasteiger partial charge in [0.25, 0.3) is 0 Å². The number of hydrogen-bond donors (Lipinski definition) is 3. The highest BCUT2D eigenvalue weighted by Crippen LogP contribution is 2.67. The maximum atomic E-state index is 11.5. The third kappa shape index (κ3) is 6.90. The summed E-state index contributed by atoms with van der Waals surface area (Å²) in [4.78, 5) is 27.3. The van der Waals surface area contributed by atoms with Crippen molar-refractivity contribution in [2.24, 2.45) is 5.92 Å². The molecule has 0 aliphatic carbocycles. The van der Waals surface area contributed by atoms with Gasteiger partial charge in [-0.15, -0.1) is 0 Å². The molecule has 0 bridgehead atoms. The van der Waals surface area contributed by atoms with Crippen molar-refractivity contribution in [3.8, 4) is 0 Å². The SMILES string of the molecule is [B][C@H]1C[C@@H](C)[C@@H](COP(=O)(O)OP(=O)(O)OP(=O)(O)OC)O1. The predicted octanol–water partition coefficient (Wildman–Crippen LogP) is 0.903. The summed E-state index contributed by atoms with van der Waals surface area (Å²) in [6.07, 6.45) is -0.103. The van der Waals surface area contributed by atoms with Gasteiger partial charge in [0.15, 0.2) is 0 Å². The predicted molar refractivity (Wildman–Crippen MR) is 72.8 cm³/mol. The Morgan fingerprint density at radius 2 is 1.68 bits per heavy atom. The van der Waals surface area contributed by atoms with Gasteiger partial charge in [0.2, 0.25) is 0 Å². The molecule has 0 saturated carbocycles. The average Bonchev–Trinajstić information content (AvgIpc) is 2.62. The zero-order valence-electron chi connectivity index (χ0n) is 11.7. The van der Waals surface area contributed by atoms with Crippen molar-refractivity contribution in [1.82, 2.24) is 0 Å². The third-order valence-electron chi connectivity index (χ3n) is 2.63. The minimum absolute atomic E-state index is 0.0710. The van der Waals surface area contributed by atoms with E-state index in [-0.39, 0.29) is 5.92 Å². The molecule has 1 fully saturated rings. The van der Waals surface area contributed by atoms with Crippen LogP contribution < -0.4 is 0 Å². The van der Waals surface area contributed by atoms with Gasteiger partial charge in [-0.05, 0) is 12.3 Å². The van der Waals surface area contributed by atoms with E-state index in [4.69, 9.17) is 22.4 Å². The van der Waals surface area contributed by atoms with Crippen LogP contribution in [0.25, 0.3) is 0 Å². The normalized spacial score (nSPS) is 33.8. The molecule has 1 aliphatic rings. The zero-order chi connectivity index (χ0) is 17.2. The van der Waals surface area contributed by atoms with E-state index >= 15 is 0 Å². The molecular formula is C7H16BO11P3. The molecular weight excluding hydrogens is 364 g/mol. The quantitative estimate of drug-likeness (QED) is 0.406. The highest BCUT2D eigenvalue weighted by molar-refractivity contribution is 7.66. The van der Waals surface area contributed by atoms with Crippen molar-refractivity contribution < 1.29 is 50.8 Å². The van der Waals surface area contributed by atoms with Crippen LogP contribution in [-0.2, 0) is 36.1 Å². The minimum atomic E-state index is -5.38. The van der Waals surface area contributed by atoms with Crippen molar-refractivity contribution in [2.75, 3.05) is 13.7 Å². The van der Waals surface area contributed by atoms with Crippen molar-refractivity contribution in [2.45, 2.75) is 25.5 Å². The van der Waals surface area contributed by atoms with Crippen molar-refractivity contribution in [3.63, 3.8) is 0 Å². The van der Waals surface area contributed by atoms with Gasteiger partial charge in [-0.3, -0.25) is 9.05 Å². The first-order valence-corrected chi connectivity index (χ1v) is 10.4. The zero-order valence-corrected chi connectivity index (χ0v) is 14.4.